The molecule has 1 aromatic rings. The Kier molecular flexibility index (Phi) is 2.82. The van der Waals surface area contributed by atoms with Crippen LogP contribution < -0.4 is 0 Å². The molecule has 14 heavy (non-hydrogen) atoms. The molecule has 0 aromatic heterocycles. The lowest BCUT2D eigenvalue weighted by Crippen LogP contribution is -2.06. The topological polar surface area (TPSA) is 43.4 Å². The van der Waals surface area contributed by atoms with Crippen molar-refractivity contribution < 1.29 is 14.0 Å². The molecule has 0 fully saturated rings. The highest BCUT2D eigenvalue weighted by atomic mass is 32.2. The van der Waals surface area contributed by atoms with Gasteiger partial charge in [0.1, 0.15) is 7.98 Å². The maximum Gasteiger partial charge on any atom is 0.297 e. The SMILES string of the molecule is [2H]C#CCOS(=O)(=O)c1ccc(C)cc1. The first-order valence-corrected chi connectivity index (χ1v) is 5.33. The lowest BCUT2D eigenvalue weighted by molar-refractivity contribution is 0.363. The second kappa shape index (κ2) is 4.27. The van der Waals surface area contributed by atoms with E-state index in [9.17, 15) is 8.42 Å². The molecule has 0 heterocycles. The Morgan fingerprint density at radius 2 is 2.14 bits per heavy atom. The predicted molar refractivity (Wildman–Crippen MR) is 53.1 cm³/mol. The molecule has 0 atom stereocenters. The van der Waals surface area contributed by atoms with Crippen LogP contribution in [0.5, 0.6) is 0 Å². The minimum Gasteiger partial charge on any atom is -0.253 e. The van der Waals surface area contributed by atoms with E-state index in [4.69, 9.17) is 1.37 Å². The second-order valence-electron chi connectivity index (χ2n) is 2.71. The summed E-state index contributed by atoms with van der Waals surface area (Å²) in [5.74, 6) is 2.20. The van der Waals surface area contributed by atoms with E-state index in [2.05, 4.69) is 10.1 Å². The molecule has 0 aliphatic rings. The van der Waals surface area contributed by atoms with Crippen molar-refractivity contribution in [3.05, 3.63) is 29.8 Å². The van der Waals surface area contributed by atoms with E-state index in [1.807, 2.05) is 13.3 Å². The summed E-state index contributed by atoms with van der Waals surface area (Å²) in [5, 5.41) is 0. The van der Waals surface area contributed by atoms with Crippen molar-refractivity contribution in [2.24, 2.45) is 0 Å². The van der Waals surface area contributed by atoms with Gasteiger partial charge >= 0.3 is 0 Å². The van der Waals surface area contributed by atoms with Crippen LogP contribution in [0, 0.1) is 19.2 Å². The molecule has 0 amide bonds. The van der Waals surface area contributed by atoms with Gasteiger partial charge in [-0.25, -0.2) is 0 Å². The van der Waals surface area contributed by atoms with E-state index in [1.165, 1.54) is 12.1 Å². The number of benzene rings is 1. The van der Waals surface area contributed by atoms with Gasteiger partial charge in [0.05, 0.1) is 4.90 Å². The normalized spacial score (nSPS) is 11.4. The lowest BCUT2D eigenvalue weighted by atomic mass is 10.2. The van der Waals surface area contributed by atoms with E-state index in [0.717, 1.165) is 5.56 Å². The maximum absolute atomic E-state index is 11.5. The van der Waals surface area contributed by atoms with Crippen molar-refractivity contribution in [1.29, 1.82) is 0 Å². The van der Waals surface area contributed by atoms with Crippen LogP contribution in [0.1, 0.15) is 6.93 Å². The molecule has 74 valence electrons. The Morgan fingerprint density at radius 3 is 2.71 bits per heavy atom. The number of aryl methyl sites for hydroxylation is 1. The van der Waals surface area contributed by atoms with Gasteiger partial charge < -0.3 is 0 Å². The largest absolute Gasteiger partial charge is 0.297 e. The minimum atomic E-state index is -3.74. The quantitative estimate of drug-likeness (QED) is 0.559. The van der Waals surface area contributed by atoms with E-state index in [0.29, 0.717) is 0 Å². The van der Waals surface area contributed by atoms with Gasteiger partial charge in [-0.3, -0.25) is 4.18 Å². The number of hydrogen-bond donors (Lipinski definition) is 0. The predicted octanol–water partition coefficient (Wildman–Crippen LogP) is 1.33. The second-order valence-corrected chi connectivity index (χ2v) is 4.32. The van der Waals surface area contributed by atoms with Gasteiger partial charge in [-0.2, -0.15) is 8.42 Å². The zero-order valence-corrected chi connectivity index (χ0v) is 8.47. The molecule has 0 aliphatic heterocycles. The van der Waals surface area contributed by atoms with Gasteiger partial charge in [0, 0.05) is 0 Å². The van der Waals surface area contributed by atoms with Gasteiger partial charge in [0.25, 0.3) is 10.1 Å². The van der Waals surface area contributed by atoms with Crippen molar-refractivity contribution >= 4 is 10.1 Å². The molecule has 0 bridgehead atoms. The molecular formula is C10H10O3S. The van der Waals surface area contributed by atoms with Gasteiger partial charge in [0.2, 0.25) is 0 Å². The van der Waals surface area contributed by atoms with Crippen LogP contribution in [-0.4, -0.2) is 15.0 Å². The maximum atomic E-state index is 11.5. The van der Waals surface area contributed by atoms with Crippen LogP contribution in [0.3, 0.4) is 0 Å². The van der Waals surface area contributed by atoms with Crippen molar-refractivity contribution in [3.63, 3.8) is 0 Å². The van der Waals surface area contributed by atoms with Crippen molar-refractivity contribution in [1.82, 2.24) is 0 Å². The van der Waals surface area contributed by atoms with Crippen LogP contribution in [0.15, 0.2) is 29.2 Å². The molecule has 0 N–H and O–H groups in total. The number of terminal acetylenes is 1. The monoisotopic (exact) mass is 211 g/mol. The van der Waals surface area contributed by atoms with Crippen LogP contribution in [-0.2, 0) is 14.3 Å². The van der Waals surface area contributed by atoms with Gasteiger partial charge in [-0.15, -0.1) is 6.40 Å². The molecule has 1 aromatic carbocycles. The average molecular weight is 211 g/mol. The average Bonchev–Trinajstić information content (AvgIpc) is 2.18. The first kappa shape index (κ1) is 9.25. The van der Waals surface area contributed by atoms with E-state index < -0.39 is 10.1 Å². The van der Waals surface area contributed by atoms with Gasteiger partial charge in [0.15, 0.2) is 0 Å². The summed E-state index contributed by atoms with van der Waals surface area (Å²) in [6, 6.07) is 6.32. The van der Waals surface area contributed by atoms with E-state index >= 15 is 0 Å². The van der Waals surface area contributed by atoms with Gasteiger partial charge in [-0.05, 0) is 19.1 Å². The molecule has 4 heteroatoms. The molecule has 0 spiro atoms. The van der Waals surface area contributed by atoms with Crippen molar-refractivity contribution in [2.45, 2.75) is 11.8 Å². The third kappa shape index (κ3) is 2.59. The standard InChI is InChI=1S/C10H10O3S/c1-3-8-13-14(11,12)10-6-4-9(2)5-7-10/h1,4-7H,8H2,2H3/i1D. The molecule has 3 nitrogen and oxygen atoms in total. The Morgan fingerprint density at radius 1 is 1.50 bits per heavy atom. The lowest BCUT2D eigenvalue weighted by Gasteiger charge is -2.02. The third-order valence-corrected chi connectivity index (χ3v) is 2.87. The summed E-state index contributed by atoms with van der Waals surface area (Å²) in [5.41, 5.74) is 0.972. The number of rotatable bonds is 3. The van der Waals surface area contributed by atoms with Crippen LogP contribution in [0.4, 0.5) is 0 Å². The highest BCUT2D eigenvalue weighted by Gasteiger charge is 2.13. The Labute approximate surface area is 85.2 Å². The van der Waals surface area contributed by atoms with Crippen molar-refractivity contribution in [2.75, 3.05) is 6.61 Å². The molecule has 0 saturated carbocycles. The summed E-state index contributed by atoms with van der Waals surface area (Å²) in [6.45, 7) is 1.57. The highest BCUT2D eigenvalue weighted by molar-refractivity contribution is 7.86. The molecular weight excluding hydrogens is 200 g/mol. The fraction of sp³-hybridized carbons (Fsp3) is 0.200. The van der Waals surface area contributed by atoms with Crippen LogP contribution in [0.2, 0.25) is 0 Å². The van der Waals surface area contributed by atoms with Crippen LogP contribution >= 0.6 is 0 Å². The summed E-state index contributed by atoms with van der Waals surface area (Å²) in [6.07, 6.45) is 1.81. The van der Waals surface area contributed by atoms with E-state index in [1.54, 1.807) is 12.1 Å². The number of hydrogen-bond acceptors (Lipinski definition) is 3. The molecule has 0 saturated heterocycles. The van der Waals surface area contributed by atoms with Gasteiger partial charge in [-0.1, -0.05) is 23.6 Å². The fourth-order valence-corrected chi connectivity index (χ4v) is 1.70. The summed E-state index contributed by atoms with van der Waals surface area (Å²) in [4.78, 5) is 0.0971. The summed E-state index contributed by atoms with van der Waals surface area (Å²) >= 11 is 0. The zero-order chi connectivity index (χ0) is 11.3. The Balaban J connectivity index is 2.85. The van der Waals surface area contributed by atoms with Crippen molar-refractivity contribution in [3.8, 4) is 12.3 Å². The molecule has 0 unspecified atom stereocenters. The summed E-state index contributed by atoms with van der Waals surface area (Å²) < 4.78 is 34.0. The first-order chi connectivity index (χ1) is 7.06. The summed E-state index contributed by atoms with van der Waals surface area (Å²) in [7, 11) is -3.74. The Bertz CT molecular complexity index is 480. The fourth-order valence-electron chi connectivity index (χ4n) is 0.880. The van der Waals surface area contributed by atoms with E-state index in [-0.39, 0.29) is 11.5 Å². The first-order valence-electron chi connectivity index (χ1n) is 4.42. The highest BCUT2D eigenvalue weighted by Crippen LogP contribution is 2.12. The third-order valence-electron chi connectivity index (χ3n) is 1.60. The molecule has 1 rings (SSSR count). The smallest absolute Gasteiger partial charge is 0.253 e. The van der Waals surface area contributed by atoms with Crippen LogP contribution in [0.25, 0.3) is 0 Å². The molecule has 0 radical (unpaired) electrons. The molecule has 0 aliphatic carbocycles. The zero-order valence-electron chi connectivity index (χ0n) is 8.65. The Hall–Kier alpha value is -1.31. The minimum absolute atomic E-state index is 0.0971.